The Balaban J connectivity index is 1.51. The van der Waals surface area contributed by atoms with Crippen molar-refractivity contribution in [1.82, 2.24) is 20.5 Å². The highest BCUT2D eigenvalue weighted by Gasteiger charge is 2.14. The van der Waals surface area contributed by atoms with Crippen LogP contribution in [0, 0.1) is 0 Å². The number of unbranched alkanes of at least 4 members (excludes halogenated alkanes) is 11. The number of para-hydroxylation sites is 1. The first-order valence-corrected chi connectivity index (χ1v) is 10.6. The van der Waals surface area contributed by atoms with Gasteiger partial charge < -0.3 is 10.5 Å². The lowest BCUT2D eigenvalue weighted by Crippen LogP contribution is -2.25. The predicted octanol–water partition coefficient (Wildman–Crippen LogP) is 5.10. The number of amides is 1. The summed E-state index contributed by atoms with van der Waals surface area (Å²) in [6.45, 7) is 2.91. The minimum Gasteiger partial charge on any atom is -0.410 e. The van der Waals surface area contributed by atoms with E-state index in [-0.39, 0.29) is 5.91 Å². The molecule has 2 aromatic rings. The molecule has 1 aromatic carbocycles. The third-order valence-electron chi connectivity index (χ3n) is 5.01. The second-order valence-corrected chi connectivity index (χ2v) is 7.30. The first-order chi connectivity index (χ1) is 13.2. The molecule has 0 aliphatic carbocycles. The van der Waals surface area contributed by atoms with Gasteiger partial charge in [-0.2, -0.15) is 0 Å². The van der Waals surface area contributed by atoms with Gasteiger partial charge in [0.05, 0.1) is 5.56 Å². The molecule has 0 spiro atoms. The lowest BCUT2D eigenvalue weighted by atomic mass is 10.1. The zero-order chi connectivity index (χ0) is 19.3. The van der Waals surface area contributed by atoms with Crippen molar-refractivity contribution in [2.24, 2.45) is 0 Å². The smallest absolute Gasteiger partial charge is 0.253 e. The number of nitrogens with one attached hydrogen (secondary N) is 1. The highest BCUT2D eigenvalue weighted by Crippen LogP contribution is 2.15. The van der Waals surface area contributed by atoms with Gasteiger partial charge in [-0.25, -0.2) is 0 Å². The van der Waals surface area contributed by atoms with E-state index < -0.39 is 0 Å². The van der Waals surface area contributed by atoms with Crippen LogP contribution in [0.5, 0.6) is 0 Å². The van der Waals surface area contributed by atoms with E-state index in [0.29, 0.717) is 28.0 Å². The Labute approximate surface area is 162 Å². The average molecular weight is 375 g/mol. The number of carbonyl (C=O) groups excluding carboxylic acids is 1. The molecule has 0 bridgehead atoms. The summed E-state index contributed by atoms with van der Waals surface area (Å²) < 4.78 is 0. The Kier molecular flexibility index (Phi) is 9.66. The van der Waals surface area contributed by atoms with E-state index in [0.717, 1.165) is 12.8 Å². The molecule has 1 aromatic heterocycles. The maximum absolute atomic E-state index is 12.3. The zero-order valence-electron chi connectivity index (χ0n) is 16.6. The van der Waals surface area contributed by atoms with Crippen molar-refractivity contribution in [1.29, 1.82) is 0 Å². The molecule has 0 saturated carbocycles. The SMILES string of the molecule is CCCCCCCCCCCCCCNC(=O)c1cccc2nnn(O)c12. The van der Waals surface area contributed by atoms with E-state index in [2.05, 4.69) is 22.6 Å². The average Bonchev–Trinajstić information content (AvgIpc) is 3.06. The van der Waals surface area contributed by atoms with Crippen LogP contribution in [-0.4, -0.2) is 32.8 Å². The second kappa shape index (κ2) is 12.3. The number of aromatic nitrogens is 3. The van der Waals surface area contributed by atoms with Crippen LogP contribution in [-0.2, 0) is 0 Å². The fourth-order valence-electron chi connectivity index (χ4n) is 3.40. The van der Waals surface area contributed by atoms with Gasteiger partial charge in [-0.05, 0) is 23.8 Å². The minimum absolute atomic E-state index is 0.193. The minimum atomic E-state index is -0.193. The van der Waals surface area contributed by atoms with Crippen molar-refractivity contribution in [2.75, 3.05) is 6.54 Å². The van der Waals surface area contributed by atoms with Crippen LogP contribution in [0.4, 0.5) is 0 Å². The van der Waals surface area contributed by atoms with Crippen LogP contribution in [0.2, 0.25) is 0 Å². The molecule has 2 N–H and O–H groups in total. The summed E-state index contributed by atoms with van der Waals surface area (Å²) in [4.78, 5) is 13.0. The van der Waals surface area contributed by atoms with Crippen LogP contribution in [0.15, 0.2) is 18.2 Å². The van der Waals surface area contributed by atoms with E-state index in [1.165, 1.54) is 64.2 Å². The lowest BCUT2D eigenvalue weighted by molar-refractivity contribution is 0.0950. The van der Waals surface area contributed by atoms with E-state index in [1.54, 1.807) is 18.2 Å². The van der Waals surface area contributed by atoms with Gasteiger partial charge in [-0.3, -0.25) is 4.79 Å². The molecule has 0 saturated heterocycles. The largest absolute Gasteiger partial charge is 0.410 e. The molecule has 2 rings (SSSR count). The second-order valence-electron chi connectivity index (χ2n) is 7.30. The molecule has 0 aliphatic heterocycles. The van der Waals surface area contributed by atoms with Gasteiger partial charge in [0.25, 0.3) is 5.91 Å². The van der Waals surface area contributed by atoms with Gasteiger partial charge in [-0.15, -0.1) is 5.10 Å². The highest BCUT2D eigenvalue weighted by molar-refractivity contribution is 6.04. The van der Waals surface area contributed by atoms with Crippen molar-refractivity contribution in [3.63, 3.8) is 0 Å². The fourth-order valence-corrected chi connectivity index (χ4v) is 3.40. The van der Waals surface area contributed by atoms with Crippen LogP contribution in [0.25, 0.3) is 11.0 Å². The third-order valence-corrected chi connectivity index (χ3v) is 5.01. The van der Waals surface area contributed by atoms with Gasteiger partial charge in [0.15, 0.2) is 0 Å². The third kappa shape index (κ3) is 7.19. The molecule has 0 unspecified atom stereocenters. The van der Waals surface area contributed by atoms with Crippen molar-refractivity contribution < 1.29 is 10.0 Å². The fraction of sp³-hybridized carbons (Fsp3) is 0.667. The van der Waals surface area contributed by atoms with Gasteiger partial charge in [0.1, 0.15) is 11.0 Å². The Morgan fingerprint density at radius 3 is 2.19 bits per heavy atom. The van der Waals surface area contributed by atoms with Crippen LogP contribution in [0.3, 0.4) is 0 Å². The zero-order valence-corrected chi connectivity index (χ0v) is 16.6. The van der Waals surface area contributed by atoms with Crippen molar-refractivity contribution in [3.05, 3.63) is 23.8 Å². The summed E-state index contributed by atoms with van der Waals surface area (Å²) >= 11 is 0. The van der Waals surface area contributed by atoms with Gasteiger partial charge >= 0.3 is 0 Å². The molecule has 27 heavy (non-hydrogen) atoms. The number of hydrogen-bond acceptors (Lipinski definition) is 4. The number of benzene rings is 1. The van der Waals surface area contributed by atoms with Gasteiger partial charge in [-0.1, -0.05) is 88.5 Å². The van der Waals surface area contributed by atoms with E-state index in [4.69, 9.17) is 0 Å². The van der Waals surface area contributed by atoms with Crippen molar-refractivity contribution >= 4 is 16.9 Å². The molecule has 1 heterocycles. The summed E-state index contributed by atoms with van der Waals surface area (Å²) in [5, 5.41) is 20.0. The highest BCUT2D eigenvalue weighted by atomic mass is 16.5. The molecule has 0 aliphatic rings. The molecule has 1 amide bonds. The topological polar surface area (TPSA) is 80.0 Å². The Hall–Kier alpha value is -2.11. The number of carbonyl (C=O) groups is 1. The number of rotatable bonds is 14. The maximum Gasteiger partial charge on any atom is 0.253 e. The van der Waals surface area contributed by atoms with E-state index in [1.807, 2.05) is 0 Å². The monoisotopic (exact) mass is 374 g/mol. The molecular formula is C21H34N4O2. The molecule has 150 valence electrons. The Morgan fingerprint density at radius 2 is 1.56 bits per heavy atom. The number of nitrogens with zero attached hydrogens (tertiary/aromatic N) is 3. The van der Waals surface area contributed by atoms with E-state index >= 15 is 0 Å². The standard InChI is InChI=1S/C21H34N4O2/c1-2-3-4-5-6-7-8-9-10-11-12-13-17-22-21(26)18-15-14-16-19-20(18)25(27)24-23-19/h14-16,27H,2-13,17H2,1H3,(H,22,26). The summed E-state index contributed by atoms with van der Waals surface area (Å²) in [7, 11) is 0. The quantitative estimate of drug-likeness (QED) is 0.356. The summed E-state index contributed by atoms with van der Waals surface area (Å²) in [6.07, 6.45) is 15.6. The predicted molar refractivity (Wildman–Crippen MR) is 108 cm³/mol. The summed E-state index contributed by atoms with van der Waals surface area (Å²) in [5.74, 6) is -0.193. The van der Waals surface area contributed by atoms with Crippen molar-refractivity contribution in [2.45, 2.75) is 84.0 Å². The molecule has 0 fully saturated rings. The molecule has 6 heteroatoms. The van der Waals surface area contributed by atoms with Crippen LogP contribution in [0.1, 0.15) is 94.3 Å². The summed E-state index contributed by atoms with van der Waals surface area (Å²) in [6, 6.07) is 5.14. The normalized spacial score (nSPS) is 11.1. The van der Waals surface area contributed by atoms with E-state index in [9.17, 15) is 10.0 Å². The Morgan fingerprint density at radius 1 is 0.963 bits per heavy atom. The van der Waals surface area contributed by atoms with Crippen LogP contribution >= 0.6 is 0 Å². The van der Waals surface area contributed by atoms with Crippen molar-refractivity contribution in [3.8, 4) is 0 Å². The molecule has 0 atom stereocenters. The van der Waals surface area contributed by atoms with Crippen LogP contribution < -0.4 is 5.32 Å². The first kappa shape index (κ1) is 21.2. The number of fused-ring (bicyclic) bond motifs is 1. The Bertz CT molecular complexity index is 684. The maximum atomic E-state index is 12.3. The number of hydrogen-bond donors (Lipinski definition) is 2. The van der Waals surface area contributed by atoms with Gasteiger partial charge in [0, 0.05) is 6.54 Å². The summed E-state index contributed by atoms with van der Waals surface area (Å²) in [5.41, 5.74) is 1.26. The van der Waals surface area contributed by atoms with Gasteiger partial charge in [0.2, 0.25) is 0 Å². The molecular weight excluding hydrogens is 340 g/mol. The lowest BCUT2D eigenvalue weighted by Gasteiger charge is -2.06. The molecule has 6 nitrogen and oxygen atoms in total. The first-order valence-electron chi connectivity index (χ1n) is 10.6. The molecule has 0 radical (unpaired) electrons.